The Hall–Kier alpha value is -2.33. The molecule has 174 valence electrons. The maximum Gasteiger partial charge on any atom is 0.330 e. The number of H-pyrrole nitrogens is 1. The van der Waals surface area contributed by atoms with Gasteiger partial charge in [0.15, 0.2) is 6.10 Å². The lowest BCUT2D eigenvalue weighted by Crippen LogP contribution is -2.43. The van der Waals surface area contributed by atoms with Gasteiger partial charge in [-0.25, -0.2) is 4.79 Å². The molecular weight excluding hydrogens is 461 g/mol. The molecule has 0 spiro atoms. The monoisotopic (exact) mass is 485 g/mol. The van der Waals surface area contributed by atoms with Crippen LogP contribution < -0.4 is 21.3 Å². The van der Waals surface area contributed by atoms with Crippen LogP contribution >= 0.6 is 23.2 Å². The van der Waals surface area contributed by atoms with Crippen LogP contribution in [0.5, 0.6) is 5.75 Å². The van der Waals surface area contributed by atoms with Gasteiger partial charge in [-0.05, 0) is 31.0 Å². The Morgan fingerprint density at radius 2 is 2.12 bits per heavy atom. The highest BCUT2D eigenvalue weighted by molar-refractivity contribution is 6.35. The van der Waals surface area contributed by atoms with Crippen molar-refractivity contribution in [2.24, 2.45) is 0 Å². The van der Waals surface area contributed by atoms with Gasteiger partial charge < -0.3 is 19.9 Å². The molecule has 0 bridgehead atoms. The number of nitrogens with one attached hydrogen (secondary N) is 2. The van der Waals surface area contributed by atoms with E-state index >= 15 is 0 Å². The number of aryl methyl sites for hydroxylation is 1. The number of benzene rings is 1. The third kappa shape index (κ3) is 5.53. The molecule has 0 radical (unpaired) electrons. The van der Waals surface area contributed by atoms with E-state index in [-0.39, 0.29) is 13.0 Å². The van der Waals surface area contributed by atoms with Gasteiger partial charge in [0.25, 0.3) is 11.5 Å². The number of halogens is 2. The van der Waals surface area contributed by atoms with E-state index in [0.717, 1.165) is 0 Å². The van der Waals surface area contributed by atoms with Crippen molar-refractivity contribution in [1.82, 2.24) is 14.9 Å². The first-order valence-corrected chi connectivity index (χ1v) is 11.1. The van der Waals surface area contributed by atoms with Crippen LogP contribution in [0.2, 0.25) is 10.0 Å². The Bertz CT molecular complexity index is 1090. The molecule has 1 amide bonds. The number of amides is 1. The number of rotatable bonds is 8. The maximum absolute atomic E-state index is 12.6. The van der Waals surface area contributed by atoms with E-state index in [0.29, 0.717) is 34.2 Å². The first kappa shape index (κ1) is 24.3. The molecule has 1 unspecified atom stereocenters. The van der Waals surface area contributed by atoms with Crippen molar-refractivity contribution in [2.75, 3.05) is 6.54 Å². The van der Waals surface area contributed by atoms with E-state index < -0.39 is 41.7 Å². The zero-order valence-corrected chi connectivity index (χ0v) is 19.2. The number of carbonyl (C=O) groups excluding carboxylic acids is 1. The molecule has 1 saturated heterocycles. The predicted molar refractivity (Wildman–Crippen MR) is 119 cm³/mol. The first-order chi connectivity index (χ1) is 15.2. The number of hydrogen-bond acceptors (Lipinski definition) is 6. The maximum atomic E-state index is 12.6. The Kier molecular flexibility index (Phi) is 8.00. The van der Waals surface area contributed by atoms with Gasteiger partial charge in [-0.1, -0.05) is 37.0 Å². The summed E-state index contributed by atoms with van der Waals surface area (Å²) in [4.78, 5) is 38.8. The van der Waals surface area contributed by atoms with Crippen molar-refractivity contribution >= 4 is 29.1 Å². The molecule has 0 saturated carbocycles. The van der Waals surface area contributed by atoms with Crippen LogP contribution in [-0.2, 0) is 16.0 Å². The van der Waals surface area contributed by atoms with Crippen LogP contribution in [0.25, 0.3) is 0 Å². The van der Waals surface area contributed by atoms with Crippen LogP contribution in [0.1, 0.15) is 38.5 Å². The van der Waals surface area contributed by atoms with Crippen LogP contribution in [0.4, 0.5) is 0 Å². The summed E-state index contributed by atoms with van der Waals surface area (Å²) in [6.45, 7) is 3.61. The number of aliphatic hydroxyl groups excluding tert-OH is 1. The fourth-order valence-corrected chi connectivity index (χ4v) is 3.88. The summed E-state index contributed by atoms with van der Waals surface area (Å²) in [7, 11) is 0. The Balaban J connectivity index is 1.62. The van der Waals surface area contributed by atoms with E-state index in [4.69, 9.17) is 32.7 Å². The fourth-order valence-electron chi connectivity index (χ4n) is 3.42. The summed E-state index contributed by atoms with van der Waals surface area (Å²) in [5, 5.41) is 13.8. The van der Waals surface area contributed by atoms with Gasteiger partial charge in [-0.15, -0.1) is 0 Å². The van der Waals surface area contributed by atoms with E-state index in [1.165, 1.54) is 16.8 Å². The number of nitrogens with zero attached hydrogens (tertiary/aromatic N) is 1. The standard InChI is InChI=1S/C21H25Cl2N3O6/c1-3-11-10-26(21(30)25-19(11)28)18-8-14(27)17(32-18)9-24-20(29)15(4-2)31-16-6-5-12(22)7-13(16)23/h5-7,10,14-15,17-18,27H,3-4,8-9H2,1-2H3,(H,24,29)(H,25,28,30)/t14-,15?,17+,18+/m0/s1. The lowest BCUT2D eigenvalue weighted by Gasteiger charge is -2.21. The Morgan fingerprint density at radius 3 is 2.78 bits per heavy atom. The van der Waals surface area contributed by atoms with Crippen molar-refractivity contribution in [1.29, 1.82) is 0 Å². The molecular formula is C21H25Cl2N3O6. The molecule has 1 fully saturated rings. The van der Waals surface area contributed by atoms with Crippen molar-refractivity contribution in [3.05, 3.63) is 60.8 Å². The average Bonchev–Trinajstić information content (AvgIpc) is 3.11. The lowest BCUT2D eigenvalue weighted by molar-refractivity contribution is -0.129. The topological polar surface area (TPSA) is 123 Å². The molecule has 11 heteroatoms. The largest absolute Gasteiger partial charge is 0.479 e. The highest BCUT2D eigenvalue weighted by Gasteiger charge is 2.36. The molecule has 1 aromatic heterocycles. The van der Waals surface area contributed by atoms with Gasteiger partial charge in [0.1, 0.15) is 18.1 Å². The predicted octanol–water partition coefficient (Wildman–Crippen LogP) is 2.03. The van der Waals surface area contributed by atoms with E-state index in [2.05, 4.69) is 10.3 Å². The zero-order valence-electron chi connectivity index (χ0n) is 17.6. The summed E-state index contributed by atoms with van der Waals surface area (Å²) in [6.07, 6.45) is -0.792. The third-order valence-corrected chi connectivity index (χ3v) is 5.77. The number of aromatic amines is 1. The summed E-state index contributed by atoms with van der Waals surface area (Å²) in [5.41, 5.74) is -0.626. The summed E-state index contributed by atoms with van der Waals surface area (Å²) in [5.74, 6) is -0.0632. The SMILES string of the molecule is CCc1cn([C@H]2C[C@H](O)[C@@H](CNC(=O)C(CC)Oc3ccc(Cl)cc3Cl)O2)c(=O)[nH]c1=O. The van der Waals surface area contributed by atoms with E-state index in [1.54, 1.807) is 26.0 Å². The Morgan fingerprint density at radius 1 is 1.38 bits per heavy atom. The summed E-state index contributed by atoms with van der Waals surface area (Å²) in [6, 6.07) is 4.72. The van der Waals surface area contributed by atoms with Crippen molar-refractivity contribution < 1.29 is 19.4 Å². The average molecular weight is 486 g/mol. The number of aliphatic hydroxyl groups is 1. The van der Waals surface area contributed by atoms with Gasteiger partial charge >= 0.3 is 5.69 Å². The number of hydrogen-bond donors (Lipinski definition) is 3. The summed E-state index contributed by atoms with van der Waals surface area (Å²) >= 11 is 12.0. The number of ether oxygens (including phenoxy) is 2. The van der Waals surface area contributed by atoms with Crippen molar-refractivity contribution in [3.63, 3.8) is 0 Å². The molecule has 3 rings (SSSR count). The summed E-state index contributed by atoms with van der Waals surface area (Å²) < 4.78 is 12.8. The van der Waals surface area contributed by atoms with E-state index in [1.807, 2.05) is 0 Å². The molecule has 9 nitrogen and oxygen atoms in total. The lowest BCUT2D eigenvalue weighted by atomic mass is 10.1. The molecule has 1 aliphatic heterocycles. The van der Waals surface area contributed by atoms with Crippen molar-refractivity contribution in [2.45, 2.75) is 57.6 Å². The minimum Gasteiger partial charge on any atom is -0.479 e. The second kappa shape index (κ2) is 10.5. The van der Waals surface area contributed by atoms with Gasteiger partial charge in [-0.2, -0.15) is 0 Å². The second-order valence-electron chi connectivity index (χ2n) is 7.44. The molecule has 2 heterocycles. The number of aromatic nitrogens is 2. The van der Waals surface area contributed by atoms with Gasteiger partial charge in [-0.3, -0.25) is 19.1 Å². The highest BCUT2D eigenvalue weighted by atomic mass is 35.5. The minimum absolute atomic E-state index is 0.0173. The quantitative estimate of drug-likeness (QED) is 0.525. The van der Waals surface area contributed by atoms with Crippen LogP contribution in [0.3, 0.4) is 0 Å². The molecule has 32 heavy (non-hydrogen) atoms. The van der Waals surface area contributed by atoms with Gasteiger partial charge in [0.2, 0.25) is 0 Å². The molecule has 3 N–H and O–H groups in total. The highest BCUT2D eigenvalue weighted by Crippen LogP contribution is 2.29. The van der Waals surface area contributed by atoms with Crippen LogP contribution in [-0.4, -0.2) is 45.4 Å². The minimum atomic E-state index is -0.907. The molecule has 2 aromatic rings. The molecule has 0 aliphatic carbocycles. The van der Waals surface area contributed by atoms with Crippen LogP contribution in [0, 0.1) is 0 Å². The van der Waals surface area contributed by atoms with Crippen molar-refractivity contribution in [3.8, 4) is 5.75 Å². The third-order valence-electron chi connectivity index (χ3n) is 5.24. The Labute approximate surface area is 194 Å². The normalized spacial score (nSPS) is 21.3. The number of carbonyl (C=O) groups is 1. The molecule has 1 aliphatic rings. The smallest absolute Gasteiger partial charge is 0.330 e. The molecule has 1 aromatic carbocycles. The molecule has 4 atom stereocenters. The zero-order chi connectivity index (χ0) is 23.4. The van der Waals surface area contributed by atoms with Crippen LogP contribution in [0.15, 0.2) is 34.0 Å². The van der Waals surface area contributed by atoms with E-state index in [9.17, 15) is 19.5 Å². The second-order valence-corrected chi connectivity index (χ2v) is 8.28. The first-order valence-electron chi connectivity index (χ1n) is 10.3. The fraction of sp³-hybridized carbons (Fsp3) is 0.476. The van der Waals surface area contributed by atoms with Gasteiger partial charge in [0, 0.05) is 29.7 Å². The van der Waals surface area contributed by atoms with Gasteiger partial charge in [0.05, 0.1) is 11.1 Å².